The molecule has 4 aromatic heterocycles. The summed E-state index contributed by atoms with van der Waals surface area (Å²) < 4.78 is 39.9. The first kappa shape index (κ1) is 29.4. The maximum Gasteiger partial charge on any atom is 0.133 e. The summed E-state index contributed by atoms with van der Waals surface area (Å²) in [7, 11) is 7.56. The van der Waals surface area contributed by atoms with Crippen LogP contribution in [0.3, 0.4) is 0 Å². The Kier molecular flexibility index (Phi) is 7.34. The minimum atomic E-state index is -0.275. The van der Waals surface area contributed by atoms with Gasteiger partial charge in [-0.3, -0.25) is 0 Å². The van der Waals surface area contributed by atoms with E-state index in [9.17, 15) is 0 Å². The van der Waals surface area contributed by atoms with Crippen LogP contribution in [0.4, 0.5) is 20.2 Å². The largest absolute Gasteiger partial charge is 0.378 e. The molecule has 11 heteroatoms. The van der Waals surface area contributed by atoms with Crippen molar-refractivity contribution in [3.63, 3.8) is 0 Å². The second-order valence-electron chi connectivity index (χ2n) is 11.2. The van der Waals surface area contributed by atoms with Crippen LogP contribution < -0.4 is 9.80 Å². The average molecular weight is 655 g/mol. The third-order valence-electron chi connectivity index (χ3n) is 7.92. The van der Waals surface area contributed by atoms with Crippen molar-refractivity contribution in [1.29, 1.82) is 0 Å². The predicted molar refractivity (Wildman–Crippen MR) is 186 cm³/mol. The Morgan fingerprint density at radius 2 is 0.933 bits per heavy atom. The van der Waals surface area contributed by atoms with E-state index in [2.05, 4.69) is 0 Å². The van der Waals surface area contributed by atoms with E-state index in [1.807, 2.05) is 100 Å². The summed E-state index contributed by atoms with van der Waals surface area (Å²) >= 11 is 4.12. The van der Waals surface area contributed by atoms with Crippen LogP contribution in [0.5, 0.6) is 0 Å². The Morgan fingerprint density at radius 3 is 1.31 bits per heavy atom. The van der Waals surface area contributed by atoms with Gasteiger partial charge in [0.25, 0.3) is 0 Å². The van der Waals surface area contributed by atoms with E-state index in [-0.39, 0.29) is 11.6 Å². The van der Waals surface area contributed by atoms with Gasteiger partial charge in [0.1, 0.15) is 33.7 Å². The predicted octanol–water partition coefficient (Wildman–Crippen LogP) is 9.45. The summed E-state index contributed by atoms with van der Waals surface area (Å²) in [6.07, 6.45) is 0. The van der Waals surface area contributed by atoms with Crippen LogP contribution in [0.1, 0.15) is 11.4 Å². The molecule has 0 saturated carbocycles. The monoisotopic (exact) mass is 654 g/mol. The van der Waals surface area contributed by atoms with Gasteiger partial charge in [-0.1, -0.05) is 0 Å². The number of thiophene rings is 2. The zero-order chi connectivity index (χ0) is 31.6. The number of rotatable bonds is 6. The molecular formula is C34H28F2N6S3. The number of fused-ring (bicyclic) bond motifs is 2. The molecule has 0 N–H and O–H groups in total. The molecule has 0 radical (unpaired) electrons. The molecule has 0 saturated heterocycles. The Balaban J connectivity index is 1.41. The number of halogens is 2. The zero-order valence-electron chi connectivity index (χ0n) is 25.4. The minimum absolute atomic E-state index is 0.275. The molecule has 7 rings (SSSR count). The van der Waals surface area contributed by atoms with Gasteiger partial charge in [0.2, 0.25) is 0 Å². The summed E-state index contributed by atoms with van der Waals surface area (Å²) in [6, 6.07) is 18.4. The van der Waals surface area contributed by atoms with Crippen LogP contribution in [0.25, 0.3) is 63.8 Å². The third kappa shape index (κ3) is 5.04. The van der Waals surface area contributed by atoms with Crippen molar-refractivity contribution in [2.24, 2.45) is 0 Å². The standard InChI is InChI=1S/C34H28F2N6S3/c1-17-18(2)38-32-30(28-14-12-26(44-28)22-10-8-20(42(5)6)16-24(22)36)34-33(39-45-40-34)29(31(32)37-17)27-13-11-25(43-27)21-9-7-19(41(3)4)15-23(21)35/h7-16H,1-6H3. The molecule has 7 aromatic rings. The van der Waals surface area contributed by atoms with E-state index < -0.39 is 0 Å². The molecule has 226 valence electrons. The van der Waals surface area contributed by atoms with Crippen molar-refractivity contribution in [3.05, 3.63) is 83.7 Å². The van der Waals surface area contributed by atoms with Gasteiger partial charge < -0.3 is 9.80 Å². The highest BCUT2D eigenvalue weighted by Gasteiger charge is 2.25. The first-order valence-corrected chi connectivity index (χ1v) is 16.5. The van der Waals surface area contributed by atoms with Crippen LogP contribution in [0.15, 0.2) is 60.7 Å². The van der Waals surface area contributed by atoms with E-state index in [0.29, 0.717) is 33.2 Å². The fraction of sp³-hybridized carbons (Fsp3) is 0.176. The second-order valence-corrected chi connectivity index (χ2v) is 13.9. The van der Waals surface area contributed by atoms with Crippen LogP contribution in [-0.2, 0) is 0 Å². The fourth-order valence-electron chi connectivity index (χ4n) is 5.36. The summed E-state index contributed by atoms with van der Waals surface area (Å²) in [5.74, 6) is -0.550. The molecule has 0 aliphatic rings. The smallest absolute Gasteiger partial charge is 0.133 e. The zero-order valence-corrected chi connectivity index (χ0v) is 27.9. The van der Waals surface area contributed by atoms with Crippen molar-refractivity contribution in [2.45, 2.75) is 13.8 Å². The van der Waals surface area contributed by atoms with Gasteiger partial charge in [-0.15, -0.1) is 22.7 Å². The Morgan fingerprint density at radius 1 is 0.533 bits per heavy atom. The number of nitrogens with zero attached hydrogens (tertiary/aromatic N) is 6. The van der Waals surface area contributed by atoms with Gasteiger partial charge in [-0.25, -0.2) is 18.7 Å². The summed E-state index contributed by atoms with van der Waals surface area (Å²) in [6.45, 7) is 3.89. The van der Waals surface area contributed by atoms with E-state index >= 15 is 8.78 Å². The lowest BCUT2D eigenvalue weighted by Gasteiger charge is -2.13. The number of benzene rings is 3. The van der Waals surface area contributed by atoms with E-state index in [4.69, 9.17) is 18.7 Å². The first-order valence-electron chi connectivity index (χ1n) is 14.2. The van der Waals surface area contributed by atoms with Gasteiger partial charge in [-0.05, 0) is 74.5 Å². The molecular weight excluding hydrogens is 627 g/mol. The molecule has 0 atom stereocenters. The lowest BCUT2D eigenvalue weighted by molar-refractivity contribution is 0.631. The molecule has 0 aliphatic carbocycles. The molecule has 0 unspecified atom stereocenters. The lowest BCUT2D eigenvalue weighted by atomic mass is 10.0. The van der Waals surface area contributed by atoms with Crippen molar-refractivity contribution in [1.82, 2.24) is 18.7 Å². The summed E-state index contributed by atoms with van der Waals surface area (Å²) in [5.41, 5.74) is 8.83. The molecule has 0 aliphatic heterocycles. The highest BCUT2D eigenvalue weighted by atomic mass is 32.1. The molecule has 0 amide bonds. The van der Waals surface area contributed by atoms with Gasteiger partial charge >= 0.3 is 0 Å². The molecule has 45 heavy (non-hydrogen) atoms. The van der Waals surface area contributed by atoms with Crippen molar-refractivity contribution >= 4 is 67.8 Å². The maximum absolute atomic E-state index is 15.2. The molecule has 4 heterocycles. The van der Waals surface area contributed by atoms with Crippen LogP contribution in [-0.4, -0.2) is 46.9 Å². The second kappa shape index (κ2) is 11.2. The normalized spacial score (nSPS) is 11.6. The average Bonchev–Trinajstić information content (AvgIpc) is 3.78. The lowest BCUT2D eigenvalue weighted by Crippen LogP contribution is -2.08. The Labute approximate surface area is 271 Å². The van der Waals surface area contributed by atoms with Gasteiger partial charge in [-0.2, -0.15) is 8.75 Å². The number of hydrogen-bond donors (Lipinski definition) is 0. The maximum atomic E-state index is 15.2. The molecule has 6 nitrogen and oxygen atoms in total. The highest BCUT2D eigenvalue weighted by Crippen LogP contribution is 2.47. The van der Waals surface area contributed by atoms with Crippen molar-refractivity contribution in [2.75, 3.05) is 38.0 Å². The molecule has 0 spiro atoms. The van der Waals surface area contributed by atoms with Crippen LogP contribution in [0, 0.1) is 25.5 Å². The molecule has 0 fully saturated rings. The molecule has 0 bridgehead atoms. The summed E-state index contributed by atoms with van der Waals surface area (Å²) in [4.78, 5) is 17.3. The van der Waals surface area contributed by atoms with Crippen molar-refractivity contribution < 1.29 is 8.78 Å². The SMILES string of the molecule is Cc1nc2c(-c3ccc(-c4ccc(N(C)C)cc4F)s3)c3nsnc3c(-c3ccc(-c4ccc(N(C)C)cc4F)s3)c2nc1C. The Bertz CT molecular complexity index is 2090. The topological polar surface area (TPSA) is 58.0 Å². The summed E-state index contributed by atoms with van der Waals surface area (Å²) in [5, 5.41) is 0. The third-order valence-corrected chi connectivity index (χ3v) is 10.7. The van der Waals surface area contributed by atoms with Gasteiger partial charge in [0.05, 0.1) is 23.1 Å². The number of aryl methyl sites for hydroxylation is 2. The number of aromatic nitrogens is 4. The number of anilines is 2. The quantitative estimate of drug-likeness (QED) is 0.178. The van der Waals surface area contributed by atoms with Crippen LogP contribution >= 0.6 is 34.4 Å². The van der Waals surface area contributed by atoms with E-state index in [1.165, 1.54) is 22.7 Å². The van der Waals surface area contributed by atoms with Gasteiger partial charge in [0, 0.05) is 81.3 Å². The van der Waals surface area contributed by atoms with Crippen LogP contribution in [0.2, 0.25) is 0 Å². The van der Waals surface area contributed by atoms with E-state index in [1.54, 1.807) is 12.1 Å². The minimum Gasteiger partial charge on any atom is -0.378 e. The fourth-order valence-corrected chi connectivity index (χ4v) is 8.08. The first-order chi connectivity index (χ1) is 21.6. The van der Waals surface area contributed by atoms with Gasteiger partial charge in [0.15, 0.2) is 0 Å². The van der Waals surface area contributed by atoms with E-state index in [0.717, 1.165) is 65.1 Å². The molecule has 3 aromatic carbocycles. The Hall–Kier alpha value is -4.32. The van der Waals surface area contributed by atoms with Crippen molar-refractivity contribution in [3.8, 4) is 41.8 Å². The highest BCUT2D eigenvalue weighted by molar-refractivity contribution is 7.19. The number of hydrogen-bond acceptors (Lipinski definition) is 9.